The Bertz CT molecular complexity index is 1270. The molecule has 0 fully saturated rings. The van der Waals surface area contributed by atoms with Crippen molar-refractivity contribution in [1.82, 2.24) is 0 Å². The van der Waals surface area contributed by atoms with Gasteiger partial charge in [-0.3, -0.25) is 9.80 Å². The number of amides is 2. The van der Waals surface area contributed by atoms with Gasteiger partial charge >= 0.3 is 12.2 Å². The van der Waals surface area contributed by atoms with Crippen LogP contribution in [0.15, 0.2) is 84.9 Å². The van der Waals surface area contributed by atoms with Gasteiger partial charge in [-0.15, -0.1) is 0 Å². The van der Waals surface area contributed by atoms with Crippen molar-refractivity contribution in [2.24, 2.45) is 0 Å². The molecule has 0 spiro atoms. The zero-order chi connectivity index (χ0) is 25.7. The SMILES string of the molecule is COc1c(OC)c(OC(=O)N(C)c2ccccc2)c2ccccc2c1OC(=O)N(C)c1ccccc1. The van der Waals surface area contributed by atoms with Crippen LogP contribution < -0.4 is 28.7 Å². The van der Waals surface area contributed by atoms with Gasteiger partial charge in [0.05, 0.1) is 14.2 Å². The lowest BCUT2D eigenvalue weighted by atomic mass is 10.1. The first-order chi connectivity index (χ1) is 17.5. The molecule has 4 rings (SSSR count). The maximum Gasteiger partial charge on any atom is 0.419 e. The molecule has 0 aliphatic rings. The Morgan fingerprint density at radius 2 is 0.861 bits per heavy atom. The summed E-state index contributed by atoms with van der Waals surface area (Å²) in [6.45, 7) is 0. The standard InChI is InChI=1S/C28H26N2O6/c1-29(19-13-7-5-8-14-19)27(31)35-23-21-17-11-12-18-22(21)24(26(34-4)25(23)33-3)36-28(32)30(2)20-15-9-6-10-16-20/h5-18H,1-4H3. The van der Waals surface area contributed by atoms with Gasteiger partial charge in [0, 0.05) is 36.2 Å². The van der Waals surface area contributed by atoms with E-state index >= 15 is 0 Å². The summed E-state index contributed by atoms with van der Waals surface area (Å²) >= 11 is 0. The second-order valence-electron chi connectivity index (χ2n) is 7.80. The monoisotopic (exact) mass is 486 g/mol. The Morgan fingerprint density at radius 3 is 1.19 bits per heavy atom. The minimum absolute atomic E-state index is 0.121. The molecule has 0 radical (unpaired) electrons. The fourth-order valence-electron chi connectivity index (χ4n) is 3.73. The Morgan fingerprint density at radius 1 is 0.528 bits per heavy atom. The molecule has 8 nitrogen and oxygen atoms in total. The number of hydrogen-bond donors (Lipinski definition) is 0. The van der Waals surface area contributed by atoms with E-state index in [1.807, 2.05) is 36.4 Å². The average Bonchev–Trinajstić information content (AvgIpc) is 2.93. The summed E-state index contributed by atoms with van der Waals surface area (Å²) < 4.78 is 22.8. The third-order valence-corrected chi connectivity index (χ3v) is 5.66. The van der Waals surface area contributed by atoms with E-state index < -0.39 is 12.2 Å². The Labute approximate surface area is 209 Å². The predicted molar refractivity (Wildman–Crippen MR) is 139 cm³/mol. The first-order valence-electron chi connectivity index (χ1n) is 11.1. The minimum Gasteiger partial charge on any atom is -0.490 e. The van der Waals surface area contributed by atoms with E-state index in [0.717, 1.165) is 0 Å². The summed E-state index contributed by atoms with van der Waals surface area (Å²) in [5.74, 6) is 0.537. The van der Waals surface area contributed by atoms with Crippen LogP contribution in [0.2, 0.25) is 0 Å². The molecule has 0 atom stereocenters. The van der Waals surface area contributed by atoms with Crippen LogP contribution in [0.1, 0.15) is 0 Å². The van der Waals surface area contributed by atoms with Crippen molar-refractivity contribution in [3.63, 3.8) is 0 Å². The smallest absolute Gasteiger partial charge is 0.419 e. The zero-order valence-electron chi connectivity index (χ0n) is 20.4. The van der Waals surface area contributed by atoms with Gasteiger partial charge in [-0.1, -0.05) is 60.7 Å². The van der Waals surface area contributed by atoms with Gasteiger partial charge in [0.15, 0.2) is 11.5 Å². The first kappa shape index (κ1) is 24.4. The molecule has 4 aromatic rings. The fourth-order valence-corrected chi connectivity index (χ4v) is 3.73. The Kier molecular flexibility index (Phi) is 7.25. The number of fused-ring (bicyclic) bond motifs is 1. The van der Waals surface area contributed by atoms with Gasteiger partial charge in [-0.05, 0) is 24.3 Å². The molecule has 184 valence electrons. The van der Waals surface area contributed by atoms with E-state index in [-0.39, 0.29) is 23.0 Å². The molecule has 36 heavy (non-hydrogen) atoms. The lowest BCUT2D eigenvalue weighted by Gasteiger charge is -2.23. The number of rotatable bonds is 6. The summed E-state index contributed by atoms with van der Waals surface area (Å²) in [6, 6.07) is 25.3. The molecule has 4 aromatic carbocycles. The molecule has 0 unspecified atom stereocenters. The predicted octanol–water partition coefficient (Wildman–Crippen LogP) is 6.13. The molecule has 0 heterocycles. The van der Waals surface area contributed by atoms with Crippen molar-refractivity contribution >= 4 is 34.3 Å². The second kappa shape index (κ2) is 10.7. The Hall–Kier alpha value is -4.72. The molecule has 2 amide bonds. The maximum absolute atomic E-state index is 13.0. The number of benzene rings is 4. The van der Waals surface area contributed by atoms with Crippen LogP contribution in [0.4, 0.5) is 21.0 Å². The van der Waals surface area contributed by atoms with Crippen LogP contribution in [0.25, 0.3) is 10.8 Å². The molecule has 0 bridgehead atoms. The van der Waals surface area contributed by atoms with E-state index in [2.05, 4.69) is 0 Å². The summed E-state index contributed by atoms with van der Waals surface area (Å²) in [6.07, 6.45) is -1.25. The molecule has 0 saturated carbocycles. The quantitative estimate of drug-likeness (QED) is 0.326. The second-order valence-corrected chi connectivity index (χ2v) is 7.80. The van der Waals surface area contributed by atoms with Gasteiger partial charge in [-0.2, -0.15) is 0 Å². The van der Waals surface area contributed by atoms with Crippen molar-refractivity contribution in [2.45, 2.75) is 0 Å². The number of ether oxygens (including phenoxy) is 4. The summed E-state index contributed by atoms with van der Waals surface area (Å²) in [5.41, 5.74) is 1.32. The van der Waals surface area contributed by atoms with Crippen LogP contribution in [0.3, 0.4) is 0 Å². The highest BCUT2D eigenvalue weighted by atomic mass is 16.6. The van der Waals surface area contributed by atoms with Crippen molar-refractivity contribution < 1.29 is 28.5 Å². The van der Waals surface area contributed by atoms with Crippen molar-refractivity contribution in [3.8, 4) is 23.0 Å². The third kappa shape index (κ3) is 4.74. The minimum atomic E-state index is -0.625. The topological polar surface area (TPSA) is 77.5 Å². The van der Waals surface area contributed by atoms with E-state index in [0.29, 0.717) is 22.1 Å². The van der Waals surface area contributed by atoms with Crippen LogP contribution in [0.5, 0.6) is 23.0 Å². The molecule has 0 aliphatic heterocycles. The number of carbonyl (C=O) groups is 2. The number of para-hydroxylation sites is 2. The molecule has 8 heteroatoms. The van der Waals surface area contributed by atoms with Gasteiger partial charge in [0.25, 0.3) is 0 Å². The Balaban J connectivity index is 1.76. The van der Waals surface area contributed by atoms with Gasteiger partial charge in [0.2, 0.25) is 11.5 Å². The fraction of sp³-hybridized carbons (Fsp3) is 0.143. The van der Waals surface area contributed by atoms with E-state index in [1.54, 1.807) is 62.6 Å². The van der Waals surface area contributed by atoms with Crippen LogP contribution in [-0.2, 0) is 0 Å². The van der Waals surface area contributed by atoms with Gasteiger partial charge in [-0.25, -0.2) is 9.59 Å². The normalized spacial score (nSPS) is 10.4. The molecule has 0 aliphatic carbocycles. The van der Waals surface area contributed by atoms with E-state index in [4.69, 9.17) is 18.9 Å². The average molecular weight is 487 g/mol. The molecule has 0 saturated heterocycles. The number of nitrogens with zero attached hydrogens (tertiary/aromatic N) is 2. The van der Waals surface area contributed by atoms with Gasteiger partial charge < -0.3 is 18.9 Å². The van der Waals surface area contributed by atoms with E-state index in [9.17, 15) is 9.59 Å². The van der Waals surface area contributed by atoms with Crippen molar-refractivity contribution in [3.05, 3.63) is 84.9 Å². The van der Waals surface area contributed by atoms with Crippen LogP contribution >= 0.6 is 0 Å². The number of carbonyl (C=O) groups excluding carboxylic acids is 2. The first-order valence-corrected chi connectivity index (χ1v) is 11.1. The lowest BCUT2D eigenvalue weighted by molar-refractivity contribution is 0.203. The van der Waals surface area contributed by atoms with Crippen LogP contribution in [-0.4, -0.2) is 40.5 Å². The molecule has 0 N–H and O–H groups in total. The molecule has 0 aromatic heterocycles. The largest absolute Gasteiger partial charge is 0.490 e. The highest BCUT2D eigenvalue weighted by molar-refractivity contribution is 6.03. The zero-order valence-corrected chi connectivity index (χ0v) is 20.4. The maximum atomic E-state index is 13.0. The van der Waals surface area contributed by atoms with E-state index in [1.165, 1.54) is 24.0 Å². The van der Waals surface area contributed by atoms with Gasteiger partial charge in [0.1, 0.15) is 0 Å². The van der Waals surface area contributed by atoms with Crippen molar-refractivity contribution in [2.75, 3.05) is 38.1 Å². The highest BCUT2D eigenvalue weighted by Crippen LogP contribution is 2.51. The van der Waals surface area contributed by atoms with Crippen LogP contribution in [0, 0.1) is 0 Å². The molecular formula is C28H26N2O6. The molecular weight excluding hydrogens is 460 g/mol. The number of anilines is 2. The summed E-state index contributed by atoms with van der Waals surface area (Å²) in [7, 11) is 6.07. The highest BCUT2D eigenvalue weighted by Gasteiger charge is 2.28. The summed E-state index contributed by atoms with van der Waals surface area (Å²) in [4.78, 5) is 28.9. The summed E-state index contributed by atoms with van der Waals surface area (Å²) in [5, 5.41) is 1.02. The lowest BCUT2D eigenvalue weighted by Crippen LogP contribution is -2.30. The third-order valence-electron chi connectivity index (χ3n) is 5.66. The number of hydrogen-bond acceptors (Lipinski definition) is 6. The van der Waals surface area contributed by atoms with Crippen molar-refractivity contribution in [1.29, 1.82) is 0 Å². The number of methoxy groups -OCH3 is 2.